The molecule has 2 N–H and O–H groups in total. The van der Waals surface area contributed by atoms with Gasteiger partial charge in [-0.05, 0) is 6.92 Å². The first-order valence-corrected chi connectivity index (χ1v) is 7.69. The van der Waals surface area contributed by atoms with Gasteiger partial charge >= 0.3 is 0 Å². The molecule has 0 spiro atoms. The molecule has 0 saturated heterocycles. The summed E-state index contributed by atoms with van der Waals surface area (Å²) in [7, 11) is 0. The lowest BCUT2D eigenvalue weighted by atomic mass is 9.82. The monoisotopic (exact) mass is 332 g/mol. The molecular formula is C13H9ClN6OS. The van der Waals surface area contributed by atoms with Crippen molar-refractivity contribution in [1.82, 2.24) is 19.6 Å². The second kappa shape index (κ2) is 4.56. The van der Waals surface area contributed by atoms with Crippen LogP contribution in [-0.4, -0.2) is 25.5 Å². The van der Waals surface area contributed by atoms with E-state index in [9.17, 15) is 5.26 Å². The maximum atomic E-state index is 9.53. The number of nitriles is 1. The summed E-state index contributed by atoms with van der Waals surface area (Å²) in [5.41, 5.74) is 2.22. The van der Waals surface area contributed by atoms with Crippen LogP contribution in [-0.2, 0) is 0 Å². The number of thiazole rings is 1. The second-order valence-electron chi connectivity index (χ2n) is 4.96. The van der Waals surface area contributed by atoms with E-state index >= 15 is 0 Å². The molecule has 0 bridgehead atoms. The largest absolute Gasteiger partial charge is 0.422 e. The zero-order valence-corrected chi connectivity index (χ0v) is 12.9. The molecule has 9 heteroatoms. The molecule has 4 rings (SSSR count). The fraction of sp³-hybridized carbons (Fsp3) is 0.231. The van der Waals surface area contributed by atoms with Crippen LogP contribution in [0, 0.1) is 29.6 Å². The van der Waals surface area contributed by atoms with Crippen molar-refractivity contribution in [2.45, 2.75) is 12.8 Å². The van der Waals surface area contributed by atoms with Crippen LogP contribution >= 0.6 is 22.9 Å². The highest BCUT2D eigenvalue weighted by atomic mass is 35.5. The normalized spacial score (nSPS) is 20.7. The summed E-state index contributed by atoms with van der Waals surface area (Å²) in [5.74, 6) is -1.04. The van der Waals surface area contributed by atoms with E-state index in [2.05, 4.69) is 21.3 Å². The number of nitrogens with zero attached hydrogens (tertiary/aromatic N) is 4. The smallest absolute Gasteiger partial charge is 0.243 e. The number of nitrogens with one attached hydrogen (secondary N) is 2. The van der Waals surface area contributed by atoms with Crippen molar-refractivity contribution in [2.75, 3.05) is 0 Å². The Morgan fingerprint density at radius 2 is 2.41 bits per heavy atom. The van der Waals surface area contributed by atoms with Crippen molar-refractivity contribution in [3.8, 4) is 11.9 Å². The van der Waals surface area contributed by atoms with Crippen molar-refractivity contribution in [3.05, 3.63) is 33.7 Å². The predicted octanol–water partition coefficient (Wildman–Crippen LogP) is 2.72. The molecule has 0 saturated carbocycles. The van der Waals surface area contributed by atoms with Gasteiger partial charge in [0.2, 0.25) is 11.8 Å². The van der Waals surface area contributed by atoms with E-state index in [1.807, 2.05) is 22.9 Å². The van der Waals surface area contributed by atoms with Crippen LogP contribution in [0.25, 0.3) is 4.96 Å². The minimum atomic E-state index is -0.777. The van der Waals surface area contributed by atoms with Gasteiger partial charge in [0, 0.05) is 22.8 Å². The Morgan fingerprint density at radius 3 is 3.18 bits per heavy atom. The average Bonchev–Trinajstić information content (AvgIpc) is 3.13. The van der Waals surface area contributed by atoms with Crippen LogP contribution in [0.5, 0.6) is 5.88 Å². The third-order valence-electron chi connectivity index (χ3n) is 3.78. The Morgan fingerprint density at radius 1 is 1.59 bits per heavy atom. The fourth-order valence-corrected chi connectivity index (χ4v) is 3.89. The molecule has 1 aliphatic heterocycles. The van der Waals surface area contributed by atoms with Crippen LogP contribution in [0.1, 0.15) is 22.9 Å². The molecule has 1 aliphatic rings. The van der Waals surface area contributed by atoms with Gasteiger partial charge in [0.15, 0.2) is 10.1 Å². The molecule has 4 heterocycles. The van der Waals surface area contributed by atoms with Gasteiger partial charge in [0.05, 0.1) is 17.7 Å². The molecule has 110 valence electrons. The van der Waals surface area contributed by atoms with Gasteiger partial charge in [0.1, 0.15) is 5.92 Å². The number of hydrogen-bond acceptors (Lipinski definition) is 6. The summed E-state index contributed by atoms with van der Waals surface area (Å²) in [5, 5.41) is 26.7. The third kappa shape index (κ3) is 1.63. The first-order valence-electron chi connectivity index (χ1n) is 6.43. The molecule has 2 atom stereocenters. The lowest BCUT2D eigenvalue weighted by molar-refractivity contribution is 0.433. The standard InChI is InChI=1S/C13H9ClN6OS/c1-5-7-8(6(4-15)11(16)21-12(7)19-18-5)9-10(14)17-13-20(9)2-3-22-13/h2-3,6,8,16H,1H3,(H,18,19). The van der Waals surface area contributed by atoms with Crippen molar-refractivity contribution in [3.63, 3.8) is 0 Å². The van der Waals surface area contributed by atoms with Gasteiger partial charge in [-0.1, -0.05) is 11.6 Å². The van der Waals surface area contributed by atoms with E-state index in [1.165, 1.54) is 11.3 Å². The predicted molar refractivity (Wildman–Crippen MR) is 80.7 cm³/mol. The number of imidazole rings is 1. The van der Waals surface area contributed by atoms with E-state index < -0.39 is 11.8 Å². The maximum absolute atomic E-state index is 9.53. The molecule has 0 radical (unpaired) electrons. The molecule has 0 aliphatic carbocycles. The number of rotatable bonds is 1. The first-order chi connectivity index (χ1) is 10.6. The van der Waals surface area contributed by atoms with Gasteiger partial charge in [0.25, 0.3) is 0 Å². The van der Waals surface area contributed by atoms with E-state index in [0.29, 0.717) is 16.7 Å². The zero-order chi connectivity index (χ0) is 15.4. The molecule has 22 heavy (non-hydrogen) atoms. The van der Waals surface area contributed by atoms with E-state index in [0.717, 1.165) is 16.2 Å². The van der Waals surface area contributed by atoms with Crippen molar-refractivity contribution >= 4 is 33.8 Å². The summed E-state index contributed by atoms with van der Waals surface area (Å²) in [6, 6.07) is 2.15. The highest BCUT2D eigenvalue weighted by molar-refractivity contribution is 7.15. The molecular weight excluding hydrogens is 324 g/mol. The molecule has 3 aromatic rings. The topological polar surface area (TPSA) is 103 Å². The highest BCUT2D eigenvalue weighted by Crippen LogP contribution is 2.45. The molecule has 0 aromatic carbocycles. The quantitative estimate of drug-likeness (QED) is 0.715. The van der Waals surface area contributed by atoms with Gasteiger partial charge < -0.3 is 4.74 Å². The van der Waals surface area contributed by atoms with Crippen molar-refractivity contribution < 1.29 is 4.74 Å². The first kappa shape index (κ1) is 13.3. The lowest BCUT2D eigenvalue weighted by Crippen LogP contribution is -2.31. The molecule has 7 nitrogen and oxygen atoms in total. The molecule has 2 unspecified atom stereocenters. The Bertz CT molecular complexity index is 948. The number of H-pyrrole nitrogens is 1. The SMILES string of the molecule is Cc1[nH]nc2c1C(c1c(Cl)nc3sccn13)C(C#N)C(=N)O2. The van der Waals surface area contributed by atoms with Gasteiger partial charge in [-0.3, -0.25) is 14.9 Å². The summed E-state index contributed by atoms with van der Waals surface area (Å²) in [6.45, 7) is 1.85. The number of ether oxygens (including phenoxy) is 1. The van der Waals surface area contributed by atoms with Gasteiger partial charge in [-0.15, -0.1) is 16.4 Å². The van der Waals surface area contributed by atoms with E-state index in [1.54, 1.807) is 0 Å². The fourth-order valence-electron chi connectivity index (χ4n) is 2.83. The van der Waals surface area contributed by atoms with Crippen LogP contribution in [0.15, 0.2) is 11.6 Å². The molecule has 0 fully saturated rings. The van der Waals surface area contributed by atoms with Gasteiger partial charge in [-0.2, -0.15) is 5.26 Å². The minimum absolute atomic E-state index is 0.132. The van der Waals surface area contributed by atoms with Crippen LogP contribution in [0.4, 0.5) is 0 Å². The Labute approximate surface area is 133 Å². The molecule has 0 amide bonds. The number of hydrogen-bond donors (Lipinski definition) is 2. The number of aromatic amines is 1. The van der Waals surface area contributed by atoms with Crippen LogP contribution in [0.2, 0.25) is 5.15 Å². The number of aryl methyl sites for hydroxylation is 1. The zero-order valence-electron chi connectivity index (χ0n) is 11.3. The van der Waals surface area contributed by atoms with Crippen molar-refractivity contribution in [1.29, 1.82) is 10.7 Å². The lowest BCUT2D eigenvalue weighted by Gasteiger charge is -2.27. The summed E-state index contributed by atoms with van der Waals surface area (Å²) < 4.78 is 7.22. The number of halogens is 1. The number of aromatic nitrogens is 4. The maximum Gasteiger partial charge on any atom is 0.243 e. The Hall–Kier alpha value is -2.37. The Kier molecular flexibility index (Phi) is 2.76. The van der Waals surface area contributed by atoms with Crippen LogP contribution in [0.3, 0.4) is 0 Å². The average molecular weight is 333 g/mol. The van der Waals surface area contributed by atoms with E-state index in [4.69, 9.17) is 21.7 Å². The van der Waals surface area contributed by atoms with Gasteiger partial charge in [-0.25, -0.2) is 4.98 Å². The van der Waals surface area contributed by atoms with E-state index in [-0.39, 0.29) is 5.90 Å². The number of fused-ring (bicyclic) bond motifs is 2. The second-order valence-corrected chi connectivity index (χ2v) is 6.19. The summed E-state index contributed by atoms with van der Waals surface area (Å²) in [6.07, 6.45) is 1.86. The highest BCUT2D eigenvalue weighted by Gasteiger charge is 2.42. The summed E-state index contributed by atoms with van der Waals surface area (Å²) in [4.78, 5) is 5.07. The minimum Gasteiger partial charge on any atom is -0.422 e. The Balaban J connectivity index is 2.04. The van der Waals surface area contributed by atoms with Crippen LogP contribution < -0.4 is 4.74 Å². The van der Waals surface area contributed by atoms with Crippen molar-refractivity contribution in [2.24, 2.45) is 5.92 Å². The molecule has 3 aromatic heterocycles. The third-order valence-corrected chi connectivity index (χ3v) is 4.82. The summed E-state index contributed by atoms with van der Waals surface area (Å²) >= 11 is 7.78.